The van der Waals surface area contributed by atoms with Crippen molar-refractivity contribution >= 4 is 27.4 Å². The van der Waals surface area contributed by atoms with E-state index in [1.807, 2.05) is 17.5 Å². The second-order valence-corrected chi connectivity index (χ2v) is 4.45. The van der Waals surface area contributed by atoms with Crippen molar-refractivity contribution in [1.82, 2.24) is 15.0 Å². The topological polar surface area (TPSA) is 70.9 Å². The summed E-state index contributed by atoms with van der Waals surface area (Å²) in [7, 11) is 1.80. The van der Waals surface area contributed by atoms with E-state index in [2.05, 4.69) is 26.3 Å². The van der Waals surface area contributed by atoms with Gasteiger partial charge in [-0.2, -0.15) is 4.98 Å². The Labute approximate surface area is 107 Å². The molecule has 0 aliphatic carbocycles. The number of fused-ring (bicyclic) bond motifs is 1. The van der Waals surface area contributed by atoms with Gasteiger partial charge in [0.05, 0.1) is 10.9 Å². The third kappa shape index (κ3) is 1.76. The van der Waals surface area contributed by atoms with Crippen LogP contribution in [0.5, 0.6) is 5.88 Å². The van der Waals surface area contributed by atoms with Gasteiger partial charge in [0.1, 0.15) is 5.69 Å². The van der Waals surface area contributed by atoms with Crippen molar-refractivity contribution in [2.24, 2.45) is 0 Å². The first-order valence-corrected chi connectivity index (χ1v) is 6.17. The van der Waals surface area contributed by atoms with E-state index in [-0.39, 0.29) is 5.88 Å². The molecular weight excluding hydrogens is 248 g/mol. The summed E-state index contributed by atoms with van der Waals surface area (Å²) < 4.78 is 0. The van der Waals surface area contributed by atoms with Gasteiger partial charge < -0.3 is 10.4 Å². The molecule has 18 heavy (non-hydrogen) atoms. The fraction of sp³-hybridized carbons (Fsp3) is 0.0833. The Balaban J connectivity index is 2.18. The van der Waals surface area contributed by atoms with Gasteiger partial charge in [-0.1, -0.05) is 12.1 Å². The average molecular weight is 257 g/mol. The maximum atomic E-state index is 9.85. The fourth-order valence-corrected chi connectivity index (χ4v) is 2.25. The van der Waals surface area contributed by atoms with E-state index in [1.165, 1.54) is 11.3 Å². The van der Waals surface area contributed by atoms with E-state index in [0.717, 1.165) is 5.13 Å². The minimum Gasteiger partial charge on any atom is -0.493 e. The molecule has 89 valence electrons. The molecule has 0 amide bonds. The lowest BCUT2D eigenvalue weighted by atomic mass is 10.2. The van der Waals surface area contributed by atoms with Crippen molar-refractivity contribution in [3.63, 3.8) is 0 Å². The van der Waals surface area contributed by atoms with Gasteiger partial charge in [0.2, 0.25) is 5.88 Å². The van der Waals surface area contributed by atoms with Crippen molar-refractivity contribution in [1.29, 1.82) is 0 Å². The third-order valence-corrected chi connectivity index (χ3v) is 3.30. The third-order valence-electron chi connectivity index (χ3n) is 2.44. The van der Waals surface area contributed by atoms with Crippen LogP contribution in [0.1, 0.15) is 0 Å². The van der Waals surface area contributed by atoms with Crippen LogP contribution in [0.15, 0.2) is 23.6 Å². The molecule has 3 aromatic rings. The van der Waals surface area contributed by atoms with Crippen LogP contribution < -0.4 is 5.32 Å². The maximum Gasteiger partial charge on any atom is 0.223 e. The van der Waals surface area contributed by atoms with Gasteiger partial charge >= 0.3 is 0 Å². The molecule has 1 radical (unpaired) electrons. The minimum absolute atomic E-state index is 0.0744. The number of benzene rings is 1. The van der Waals surface area contributed by atoms with Crippen LogP contribution in [-0.2, 0) is 0 Å². The Morgan fingerprint density at radius 2 is 2.22 bits per heavy atom. The SMILES string of the molecule is CNc1nc(-c2nc(O)c3[c]cccc3n2)cs1. The second kappa shape index (κ2) is 4.23. The maximum absolute atomic E-state index is 9.85. The Bertz CT molecular complexity index is 710. The highest BCUT2D eigenvalue weighted by Crippen LogP contribution is 2.27. The number of hydrogen-bond acceptors (Lipinski definition) is 6. The number of thiazole rings is 1. The summed E-state index contributed by atoms with van der Waals surface area (Å²) in [6, 6.07) is 8.25. The van der Waals surface area contributed by atoms with Crippen LogP contribution in [-0.4, -0.2) is 27.1 Å². The molecule has 5 nitrogen and oxygen atoms in total. The average Bonchev–Trinajstić information content (AvgIpc) is 2.87. The van der Waals surface area contributed by atoms with Gasteiger partial charge in [0, 0.05) is 12.4 Å². The lowest BCUT2D eigenvalue weighted by Gasteiger charge is -2.01. The molecule has 6 heteroatoms. The first kappa shape index (κ1) is 10.9. The summed E-state index contributed by atoms with van der Waals surface area (Å²) in [6.45, 7) is 0. The molecule has 0 bridgehead atoms. The van der Waals surface area contributed by atoms with E-state index in [1.54, 1.807) is 13.1 Å². The van der Waals surface area contributed by atoms with Crippen molar-refractivity contribution in [2.45, 2.75) is 0 Å². The summed E-state index contributed by atoms with van der Waals surface area (Å²) in [5.41, 5.74) is 1.30. The summed E-state index contributed by atoms with van der Waals surface area (Å²) in [6.07, 6.45) is 0. The molecular formula is C12H9N4OS. The molecule has 3 rings (SSSR count). The molecule has 2 heterocycles. The van der Waals surface area contributed by atoms with Crippen LogP contribution >= 0.6 is 11.3 Å². The molecule has 0 saturated carbocycles. The van der Waals surface area contributed by atoms with Gasteiger partial charge in [0.15, 0.2) is 11.0 Å². The summed E-state index contributed by atoms with van der Waals surface area (Å²) in [5, 5.41) is 16.0. The van der Waals surface area contributed by atoms with Crippen molar-refractivity contribution in [3.05, 3.63) is 29.6 Å². The molecule has 0 fully saturated rings. The number of aromatic hydroxyl groups is 1. The highest BCUT2D eigenvalue weighted by Gasteiger charge is 2.11. The number of anilines is 1. The molecule has 0 saturated heterocycles. The number of rotatable bonds is 2. The molecule has 2 aromatic heterocycles. The fourth-order valence-electron chi connectivity index (χ4n) is 1.60. The highest BCUT2D eigenvalue weighted by molar-refractivity contribution is 7.14. The molecule has 0 unspecified atom stereocenters. The van der Waals surface area contributed by atoms with Gasteiger partial charge in [0.25, 0.3) is 0 Å². The largest absolute Gasteiger partial charge is 0.493 e. The highest BCUT2D eigenvalue weighted by atomic mass is 32.1. The monoisotopic (exact) mass is 257 g/mol. The van der Waals surface area contributed by atoms with Crippen LogP contribution in [0.3, 0.4) is 0 Å². The molecule has 1 aromatic carbocycles. The van der Waals surface area contributed by atoms with E-state index in [4.69, 9.17) is 0 Å². The van der Waals surface area contributed by atoms with Gasteiger partial charge in [-0.05, 0) is 12.1 Å². The zero-order valence-electron chi connectivity index (χ0n) is 9.51. The normalized spacial score (nSPS) is 10.7. The summed E-state index contributed by atoms with van der Waals surface area (Å²) in [5.74, 6) is 0.340. The predicted molar refractivity (Wildman–Crippen MR) is 70.7 cm³/mol. The first-order chi connectivity index (χ1) is 8.78. The first-order valence-electron chi connectivity index (χ1n) is 5.29. The molecule has 0 spiro atoms. The second-order valence-electron chi connectivity index (χ2n) is 3.59. The number of hydrogen-bond donors (Lipinski definition) is 2. The molecule has 0 atom stereocenters. The zero-order chi connectivity index (χ0) is 12.5. The Hall–Kier alpha value is -2.21. The van der Waals surface area contributed by atoms with Crippen LogP contribution in [0.4, 0.5) is 5.13 Å². The van der Waals surface area contributed by atoms with Gasteiger partial charge in [-0.25, -0.2) is 9.97 Å². The van der Waals surface area contributed by atoms with E-state index in [0.29, 0.717) is 22.4 Å². The minimum atomic E-state index is -0.0744. The molecule has 0 aliphatic rings. The van der Waals surface area contributed by atoms with E-state index in [9.17, 15) is 5.11 Å². The van der Waals surface area contributed by atoms with Crippen molar-refractivity contribution < 1.29 is 5.11 Å². The Morgan fingerprint density at radius 1 is 1.33 bits per heavy atom. The van der Waals surface area contributed by atoms with Gasteiger partial charge in [-0.3, -0.25) is 0 Å². The van der Waals surface area contributed by atoms with Crippen molar-refractivity contribution in [3.8, 4) is 17.4 Å². The Morgan fingerprint density at radius 3 is 3.00 bits per heavy atom. The quantitative estimate of drug-likeness (QED) is 0.737. The van der Waals surface area contributed by atoms with Crippen LogP contribution in [0.2, 0.25) is 0 Å². The predicted octanol–water partition coefficient (Wildman–Crippen LogP) is 2.30. The smallest absolute Gasteiger partial charge is 0.223 e. The van der Waals surface area contributed by atoms with Crippen LogP contribution in [0.25, 0.3) is 22.4 Å². The number of nitrogens with zero attached hydrogens (tertiary/aromatic N) is 3. The van der Waals surface area contributed by atoms with Gasteiger partial charge in [-0.15, -0.1) is 11.3 Å². The summed E-state index contributed by atoms with van der Waals surface area (Å²) in [4.78, 5) is 12.7. The standard InChI is InChI=1S/C12H9N4OS/c1-13-12-15-9(6-18-12)10-14-8-5-3-2-4-7(8)11(17)16-10/h2-3,5-6H,1H3,(H,13,15)(H,14,16,17). The zero-order valence-corrected chi connectivity index (χ0v) is 10.3. The molecule has 2 N–H and O–H groups in total. The number of nitrogens with one attached hydrogen (secondary N) is 1. The van der Waals surface area contributed by atoms with Crippen LogP contribution in [0, 0.1) is 6.07 Å². The molecule has 0 aliphatic heterocycles. The van der Waals surface area contributed by atoms with E-state index < -0.39 is 0 Å². The Kier molecular flexibility index (Phi) is 2.56. The summed E-state index contributed by atoms with van der Waals surface area (Å²) >= 11 is 1.46. The number of aromatic nitrogens is 3. The lowest BCUT2D eigenvalue weighted by Crippen LogP contribution is -1.92. The van der Waals surface area contributed by atoms with E-state index >= 15 is 0 Å². The van der Waals surface area contributed by atoms with Crippen molar-refractivity contribution in [2.75, 3.05) is 12.4 Å². The lowest BCUT2D eigenvalue weighted by molar-refractivity contribution is 0.460.